The zero-order valence-electron chi connectivity index (χ0n) is 16.0. The molecule has 0 unspecified atom stereocenters. The summed E-state index contributed by atoms with van der Waals surface area (Å²) in [7, 11) is 1.45. The average Bonchev–Trinajstić information content (AvgIpc) is 3.03. The molecule has 1 amide bonds. The third-order valence-electron chi connectivity index (χ3n) is 5.34. The number of aliphatic hydroxyl groups is 2. The van der Waals surface area contributed by atoms with E-state index in [9.17, 15) is 19.4 Å². The van der Waals surface area contributed by atoms with Crippen molar-refractivity contribution in [3.05, 3.63) is 30.1 Å². The van der Waals surface area contributed by atoms with Gasteiger partial charge in [-0.15, -0.1) is 0 Å². The van der Waals surface area contributed by atoms with Gasteiger partial charge in [0, 0.05) is 45.5 Å². The molecule has 28 heavy (non-hydrogen) atoms. The van der Waals surface area contributed by atoms with Gasteiger partial charge in [0.1, 0.15) is 24.6 Å². The normalized spacial score (nSPS) is 28.5. The van der Waals surface area contributed by atoms with Gasteiger partial charge >= 0.3 is 0 Å². The molecule has 0 spiro atoms. The highest BCUT2D eigenvalue weighted by molar-refractivity contribution is 5.77. The maximum atomic E-state index is 13.1. The number of carbonyl (C=O) groups is 1. The van der Waals surface area contributed by atoms with E-state index in [0.29, 0.717) is 13.1 Å². The molecule has 2 heterocycles. The second-order valence-corrected chi connectivity index (χ2v) is 7.11. The van der Waals surface area contributed by atoms with E-state index < -0.39 is 18.3 Å². The van der Waals surface area contributed by atoms with Crippen LogP contribution in [-0.2, 0) is 14.3 Å². The Labute approximate surface area is 163 Å². The number of hydrogen-bond acceptors (Lipinski definition) is 7. The predicted molar refractivity (Wildman–Crippen MR) is 101 cm³/mol. The molecular formula is C19H28FN3O5. The van der Waals surface area contributed by atoms with E-state index in [2.05, 4.69) is 15.1 Å². The Morgan fingerprint density at radius 3 is 2.54 bits per heavy atom. The number of nitrogens with zero attached hydrogens (tertiary/aromatic N) is 2. The van der Waals surface area contributed by atoms with Crippen LogP contribution in [0.15, 0.2) is 24.3 Å². The quantitative estimate of drug-likeness (QED) is 0.555. The molecule has 2 fully saturated rings. The Balaban J connectivity index is 1.61. The summed E-state index contributed by atoms with van der Waals surface area (Å²) in [6.45, 7) is 2.73. The van der Waals surface area contributed by atoms with Gasteiger partial charge in [0.25, 0.3) is 0 Å². The summed E-state index contributed by atoms with van der Waals surface area (Å²) < 4.78 is 23.7. The summed E-state index contributed by atoms with van der Waals surface area (Å²) in [4.78, 5) is 16.0. The first-order valence-corrected chi connectivity index (χ1v) is 9.48. The van der Waals surface area contributed by atoms with E-state index in [0.717, 1.165) is 18.8 Å². The molecule has 3 rings (SSSR count). The summed E-state index contributed by atoms with van der Waals surface area (Å²) in [5.74, 6) is -0.519. The van der Waals surface area contributed by atoms with Crippen molar-refractivity contribution in [1.82, 2.24) is 10.2 Å². The fourth-order valence-corrected chi connectivity index (χ4v) is 3.92. The van der Waals surface area contributed by atoms with Crippen molar-refractivity contribution in [3.8, 4) is 0 Å². The van der Waals surface area contributed by atoms with Crippen LogP contribution in [0.5, 0.6) is 0 Å². The van der Waals surface area contributed by atoms with Gasteiger partial charge in [0.2, 0.25) is 5.91 Å². The van der Waals surface area contributed by atoms with Crippen molar-refractivity contribution in [3.63, 3.8) is 0 Å². The summed E-state index contributed by atoms with van der Waals surface area (Å²) in [5, 5.41) is 22.9. The number of halogens is 1. The third-order valence-corrected chi connectivity index (χ3v) is 5.34. The van der Waals surface area contributed by atoms with Crippen molar-refractivity contribution >= 4 is 11.6 Å². The maximum absolute atomic E-state index is 13.1. The summed E-state index contributed by atoms with van der Waals surface area (Å²) in [5.41, 5.74) is 0.959. The molecule has 3 N–H and O–H groups in total. The number of anilines is 1. The smallest absolute Gasteiger partial charge is 0.246 e. The lowest BCUT2D eigenvalue weighted by molar-refractivity contribution is -0.125. The first-order valence-electron chi connectivity index (χ1n) is 9.48. The molecular weight excluding hydrogens is 369 g/mol. The number of benzene rings is 1. The first-order chi connectivity index (χ1) is 13.5. The molecule has 0 aliphatic carbocycles. The van der Waals surface area contributed by atoms with Gasteiger partial charge in [-0.25, -0.2) is 4.39 Å². The highest BCUT2D eigenvalue weighted by Gasteiger charge is 2.46. The number of nitrogens with one attached hydrogen (secondary N) is 1. The molecule has 2 aliphatic rings. The molecule has 156 valence electrons. The standard InChI is InChI=1S/C19H28FN3O5/c1-27-12-17(25)21-10-15-18(19(26)16(11-24)28-15)23-8-6-22(7-9-23)14-4-2-13(20)3-5-14/h2-5,15-16,18-19,24,26H,6-12H2,1H3,(H,21,25)/t15-,16+,18+,19-/m1/s1. The Morgan fingerprint density at radius 1 is 1.25 bits per heavy atom. The van der Waals surface area contributed by atoms with E-state index >= 15 is 0 Å². The molecule has 2 saturated heterocycles. The summed E-state index contributed by atoms with van der Waals surface area (Å²) in [6, 6.07) is 6.08. The Hall–Kier alpha value is -1.78. The fourth-order valence-electron chi connectivity index (χ4n) is 3.92. The molecule has 2 aliphatic heterocycles. The van der Waals surface area contributed by atoms with Crippen molar-refractivity contribution in [2.75, 3.05) is 57.9 Å². The topological polar surface area (TPSA) is 94.5 Å². The largest absolute Gasteiger partial charge is 0.394 e. The SMILES string of the molecule is COCC(=O)NC[C@H]1O[C@@H](CO)[C@@H](O)[C@H]1N1CCN(c2ccc(F)cc2)CC1. The van der Waals surface area contributed by atoms with Crippen LogP contribution >= 0.6 is 0 Å². The van der Waals surface area contributed by atoms with Gasteiger partial charge in [0.05, 0.1) is 18.8 Å². The van der Waals surface area contributed by atoms with Crippen LogP contribution in [0.2, 0.25) is 0 Å². The molecule has 0 bridgehead atoms. The van der Waals surface area contributed by atoms with Crippen LogP contribution in [0.25, 0.3) is 0 Å². The second kappa shape index (κ2) is 9.62. The molecule has 9 heteroatoms. The Kier molecular flexibility index (Phi) is 7.19. The van der Waals surface area contributed by atoms with Crippen molar-refractivity contribution in [2.45, 2.75) is 24.4 Å². The van der Waals surface area contributed by atoms with Crippen LogP contribution in [0.4, 0.5) is 10.1 Å². The molecule has 0 radical (unpaired) electrons. The van der Waals surface area contributed by atoms with Crippen LogP contribution in [0, 0.1) is 5.82 Å². The minimum Gasteiger partial charge on any atom is -0.394 e. The maximum Gasteiger partial charge on any atom is 0.246 e. The van der Waals surface area contributed by atoms with E-state index in [4.69, 9.17) is 9.47 Å². The third kappa shape index (κ3) is 4.79. The van der Waals surface area contributed by atoms with Gasteiger partial charge in [-0.3, -0.25) is 9.69 Å². The molecule has 4 atom stereocenters. The zero-order chi connectivity index (χ0) is 20.1. The van der Waals surface area contributed by atoms with Gasteiger partial charge < -0.3 is 29.9 Å². The monoisotopic (exact) mass is 397 g/mol. The van der Waals surface area contributed by atoms with E-state index in [-0.39, 0.29) is 37.5 Å². The zero-order valence-corrected chi connectivity index (χ0v) is 16.0. The predicted octanol–water partition coefficient (Wildman–Crippen LogP) is -0.800. The number of carbonyl (C=O) groups excluding carboxylic acids is 1. The average molecular weight is 397 g/mol. The van der Waals surface area contributed by atoms with Crippen molar-refractivity contribution < 1.29 is 28.9 Å². The number of aliphatic hydroxyl groups excluding tert-OH is 2. The number of methoxy groups -OCH3 is 1. The summed E-state index contributed by atoms with van der Waals surface area (Å²) >= 11 is 0. The van der Waals surface area contributed by atoms with Crippen LogP contribution in [0.3, 0.4) is 0 Å². The molecule has 0 aromatic heterocycles. The molecule has 1 aromatic rings. The number of ether oxygens (including phenoxy) is 2. The molecule has 0 saturated carbocycles. The fraction of sp³-hybridized carbons (Fsp3) is 0.632. The van der Waals surface area contributed by atoms with Gasteiger partial charge in [-0.2, -0.15) is 0 Å². The number of piperazine rings is 1. The highest BCUT2D eigenvalue weighted by atomic mass is 19.1. The summed E-state index contributed by atoms with van der Waals surface area (Å²) in [6.07, 6.45) is -1.94. The number of hydrogen-bond donors (Lipinski definition) is 3. The molecule has 8 nitrogen and oxygen atoms in total. The first kappa shape index (κ1) is 20.9. The van der Waals surface area contributed by atoms with E-state index in [1.807, 2.05) is 0 Å². The second-order valence-electron chi connectivity index (χ2n) is 7.11. The van der Waals surface area contributed by atoms with E-state index in [1.54, 1.807) is 12.1 Å². The van der Waals surface area contributed by atoms with Gasteiger partial charge in [-0.05, 0) is 24.3 Å². The van der Waals surface area contributed by atoms with Gasteiger partial charge in [0.15, 0.2) is 0 Å². The minimum atomic E-state index is -0.841. The van der Waals surface area contributed by atoms with Crippen LogP contribution in [-0.4, -0.2) is 98.4 Å². The van der Waals surface area contributed by atoms with Crippen LogP contribution in [0.1, 0.15) is 0 Å². The van der Waals surface area contributed by atoms with Crippen molar-refractivity contribution in [2.24, 2.45) is 0 Å². The Morgan fingerprint density at radius 2 is 1.93 bits per heavy atom. The van der Waals surface area contributed by atoms with Crippen molar-refractivity contribution in [1.29, 1.82) is 0 Å². The lowest BCUT2D eigenvalue weighted by Crippen LogP contribution is -2.57. The molecule has 1 aromatic carbocycles. The minimum absolute atomic E-state index is 0.0420. The van der Waals surface area contributed by atoms with Gasteiger partial charge in [-0.1, -0.05) is 0 Å². The lowest BCUT2D eigenvalue weighted by atomic mass is 10.0. The Bertz CT molecular complexity index is 639. The number of rotatable bonds is 7. The number of amides is 1. The van der Waals surface area contributed by atoms with E-state index in [1.165, 1.54) is 19.2 Å². The lowest BCUT2D eigenvalue weighted by Gasteiger charge is -2.41. The highest BCUT2D eigenvalue weighted by Crippen LogP contribution is 2.27. The van der Waals surface area contributed by atoms with Crippen LogP contribution < -0.4 is 10.2 Å².